The molecular weight excluding hydrogens is 404 g/mol. The van der Waals surface area contributed by atoms with Gasteiger partial charge in [0.15, 0.2) is 0 Å². The van der Waals surface area contributed by atoms with E-state index < -0.39 is 18.0 Å². The molecule has 5 heteroatoms. The lowest BCUT2D eigenvalue weighted by Gasteiger charge is -2.18. The second kappa shape index (κ2) is 18.7. The predicted molar refractivity (Wildman–Crippen MR) is 129 cm³/mol. The van der Waals surface area contributed by atoms with E-state index in [2.05, 4.69) is 31.2 Å². The summed E-state index contributed by atoms with van der Waals surface area (Å²) in [6, 6.07) is 10.4. The zero-order chi connectivity index (χ0) is 23.4. The number of carbonyl (C=O) groups is 2. The minimum Gasteiger partial charge on any atom is -0.481 e. The van der Waals surface area contributed by atoms with Gasteiger partial charge in [0.25, 0.3) is 0 Å². The Kier molecular flexibility index (Phi) is 16.4. The molecule has 5 nitrogen and oxygen atoms in total. The van der Waals surface area contributed by atoms with Gasteiger partial charge >= 0.3 is 11.9 Å². The van der Waals surface area contributed by atoms with E-state index in [4.69, 9.17) is 14.6 Å². The standard InChI is InChI=1S/C27H44O5/c1-3-4-5-7-13-18-25(31-22-24-16-11-10-12-17-24)19-14-8-6-9-15-20-26(21-27(29)30)32-23(2)28/h10-12,16-17,25-26H,3-9,13-15,18-22H2,1-2H3,(H,29,30). The molecule has 1 N–H and O–H groups in total. The highest BCUT2D eigenvalue weighted by molar-refractivity contribution is 5.69. The lowest BCUT2D eigenvalue weighted by molar-refractivity contribution is -0.151. The van der Waals surface area contributed by atoms with Gasteiger partial charge in [-0.15, -0.1) is 0 Å². The molecule has 0 aliphatic heterocycles. The fraction of sp³-hybridized carbons (Fsp3) is 0.704. The summed E-state index contributed by atoms with van der Waals surface area (Å²) in [5.41, 5.74) is 1.23. The van der Waals surface area contributed by atoms with Crippen LogP contribution in [0.1, 0.15) is 109 Å². The molecule has 1 aromatic rings. The molecule has 1 rings (SSSR count). The van der Waals surface area contributed by atoms with Crippen LogP contribution in [0, 0.1) is 0 Å². The van der Waals surface area contributed by atoms with Gasteiger partial charge in [-0.1, -0.05) is 95.0 Å². The van der Waals surface area contributed by atoms with E-state index in [1.54, 1.807) is 0 Å². The van der Waals surface area contributed by atoms with Crippen molar-refractivity contribution in [2.75, 3.05) is 0 Å². The maximum atomic E-state index is 11.1. The van der Waals surface area contributed by atoms with Crippen molar-refractivity contribution >= 4 is 11.9 Å². The Bertz CT molecular complexity index is 585. The number of rotatable bonds is 20. The van der Waals surface area contributed by atoms with Crippen molar-refractivity contribution in [1.29, 1.82) is 0 Å². The molecule has 0 saturated heterocycles. The molecule has 1 aromatic carbocycles. The molecule has 0 spiro atoms. The first kappa shape index (κ1) is 28.2. The van der Waals surface area contributed by atoms with Crippen molar-refractivity contribution in [3.05, 3.63) is 35.9 Å². The highest BCUT2D eigenvalue weighted by Crippen LogP contribution is 2.19. The highest BCUT2D eigenvalue weighted by Gasteiger charge is 2.16. The number of unbranched alkanes of at least 4 members (excludes halogenated alkanes) is 8. The van der Waals surface area contributed by atoms with E-state index >= 15 is 0 Å². The third-order valence-corrected chi connectivity index (χ3v) is 5.75. The minimum absolute atomic E-state index is 0.113. The molecule has 0 aromatic heterocycles. The van der Waals surface area contributed by atoms with Crippen molar-refractivity contribution in [3.8, 4) is 0 Å². The van der Waals surface area contributed by atoms with Crippen LogP contribution in [0.15, 0.2) is 30.3 Å². The Labute approximate surface area is 194 Å². The second-order valence-electron chi connectivity index (χ2n) is 8.80. The summed E-state index contributed by atoms with van der Waals surface area (Å²) in [4.78, 5) is 22.0. The Morgan fingerprint density at radius 2 is 1.34 bits per heavy atom. The number of hydrogen-bond donors (Lipinski definition) is 1. The summed E-state index contributed by atoms with van der Waals surface area (Å²) in [5.74, 6) is -1.33. The number of ether oxygens (including phenoxy) is 2. The van der Waals surface area contributed by atoms with Gasteiger partial charge in [0.05, 0.1) is 19.1 Å². The van der Waals surface area contributed by atoms with Crippen molar-refractivity contribution < 1.29 is 24.2 Å². The monoisotopic (exact) mass is 448 g/mol. The van der Waals surface area contributed by atoms with Gasteiger partial charge in [-0.2, -0.15) is 0 Å². The summed E-state index contributed by atoms with van der Waals surface area (Å²) in [5, 5.41) is 8.94. The molecule has 2 atom stereocenters. The molecule has 0 amide bonds. The van der Waals surface area contributed by atoms with Crippen molar-refractivity contribution in [2.45, 2.75) is 123 Å². The maximum absolute atomic E-state index is 11.1. The van der Waals surface area contributed by atoms with E-state index in [0.29, 0.717) is 19.1 Å². The Balaban J connectivity index is 2.25. The van der Waals surface area contributed by atoms with Crippen LogP contribution < -0.4 is 0 Å². The number of hydrogen-bond acceptors (Lipinski definition) is 4. The second-order valence-corrected chi connectivity index (χ2v) is 8.80. The van der Waals surface area contributed by atoms with Crippen LogP contribution in [0.5, 0.6) is 0 Å². The number of aliphatic carboxylic acids is 1. The summed E-state index contributed by atoms with van der Waals surface area (Å²) in [6.07, 6.45) is 14.3. The largest absolute Gasteiger partial charge is 0.481 e. The molecule has 0 aliphatic rings. The highest BCUT2D eigenvalue weighted by atomic mass is 16.5. The first-order valence-electron chi connectivity index (χ1n) is 12.6. The lowest BCUT2D eigenvalue weighted by atomic mass is 10.0. The van der Waals surface area contributed by atoms with Crippen molar-refractivity contribution in [3.63, 3.8) is 0 Å². The van der Waals surface area contributed by atoms with Gasteiger partial charge in [-0.05, 0) is 31.2 Å². The zero-order valence-electron chi connectivity index (χ0n) is 20.2. The molecule has 0 bridgehead atoms. The molecule has 32 heavy (non-hydrogen) atoms. The van der Waals surface area contributed by atoms with Crippen molar-refractivity contribution in [2.24, 2.45) is 0 Å². The third kappa shape index (κ3) is 15.9. The smallest absolute Gasteiger partial charge is 0.307 e. The molecule has 0 saturated carbocycles. The number of carboxylic acid groups (broad SMARTS) is 1. The molecular formula is C27H44O5. The molecule has 0 radical (unpaired) electrons. The van der Waals surface area contributed by atoms with E-state index in [-0.39, 0.29) is 6.42 Å². The molecule has 0 fully saturated rings. The van der Waals surface area contributed by atoms with Crippen LogP contribution in [-0.4, -0.2) is 29.3 Å². The average molecular weight is 449 g/mol. The van der Waals surface area contributed by atoms with Gasteiger partial charge < -0.3 is 14.6 Å². The Hall–Kier alpha value is -1.88. The van der Waals surface area contributed by atoms with Gasteiger partial charge in [0, 0.05) is 6.92 Å². The maximum Gasteiger partial charge on any atom is 0.307 e. The predicted octanol–water partition coefficient (Wildman–Crippen LogP) is 7.07. The summed E-state index contributed by atoms with van der Waals surface area (Å²) >= 11 is 0. The number of carboxylic acids is 1. The fourth-order valence-electron chi connectivity index (χ4n) is 3.98. The van der Waals surface area contributed by atoms with E-state index in [0.717, 1.165) is 44.9 Å². The van der Waals surface area contributed by atoms with Crippen LogP contribution in [0.4, 0.5) is 0 Å². The topological polar surface area (TPSA) is 72.8 Å². The van der Waals surface area contributed by atoms with E-state index in [1.165, 1.54) is 44.6 Å². The van der Waals surface area contributed by atoms with Crippen LogP contribution in [0.3, 0.4) is 0 Å². The van der Waals surface area contributed by atoms with Gasteiger partial charge in [0.1, 0.15) is 6.10 Å². The zero-order valence-corrected chi connectivity index (χ0v) is 20.2. The third-order valence-electron chi connectivity index (χ3n) is 5.75. The van der Waals surface area contributed by atoms with Gasteiger partial charge in [-0.25, -0.2) is 0 Å². The van der Waals surface area contributed by atoms with Crippen LogP contribution in [0.25, 0.3) is 0 Å². The van der Waals surface area contributed by atoms with Gasteiger partial charge in [-0.3, -0.25) is 9.59 Å². The average Bonchev–Trinajstić information content (AvgIpc) is 2.75. The van der Waals surface area contributed by atoms with Crippen molar-refractivity contribution in [1.82, 2.24) is 0 Å². The van der Waals surface area contributed by atoms with Crippen LogP contribution >= 0.6 is 0 Å². The Morgan fingerprint density at radius 3 is 1.88 bits per heavy atom. The van der Waals surface area contributed by atoms with Gasteiger partial charge in [0.2, 0.25) is 0 Å². The van der Waals surface area contributed by atoms with E-state index in [1.807, 2.05) is 6.07 Å². The minimum atomic E-state index is -0.924. The summed E-state index contributed by atoms with van der Waals surface area (Å²) in [7, 11) is 0. The summed E-state index contributed by atoms with van der Waals surface area (Å²) < 4.78 is 11.4. The number of esters is 1. The molecule has 0 aliphatic carbocycles. The first-order valence-corrected chi connectivity index (χ1v) is 12.6. The van der Waals surface area contributed by atoms with Crippen LogP contribution in [0.2, 0.25) is 0 Å². The first-order chi connectivity index (χ1) is 15.5. The number of benzene rings is 1. The van der Waals surface area contributed by atoms with E-state index in [9.17, 15) is 9.59 Å². The lowest BCUT2D eigenvalue weighted by Crippen LogP contribution is -2.20. The molecule has 0 heterocycles. The fourth-order valence-corrected chi connectivity index (χ4v) is 3.98. The number of carbonyl (C=O) groups excluding carboxylic acids is 1. The van der Waals surface area contributed by atoms with Crippen LogP contribution in [-0.2, 0) is 25.7 Å². The SMILES string of the molecule is CCCCCCCC(CCCCCCCC(CC(=O)O)OC(C)=O)OCc1ccccc1. The Morgan fingerprint density at radius 1 is 0.812 bits per heavy atom. The molecule has 2 unspecified atom stereocenters. The quantitative estimate of drug-likeness (QED) is 0.171. The normalized spacial score (nSPS) is 12.9. The summed E-state index contributed by atoms with van der Waals surface area (Å²) in [6.45, 7) is 4.25. The molecule has 182 valence electrons.